The summed E-state index contributed by atoms with van der Waals surface area (Å²) < 4.78 is 9.19. The summed E-state index contributed by atoms with van der Waals surface area (Å²) in [5.74, 6) is 2.40. The van der Waals surface area contributed by atoms with Gasteiger partial charge in [0.15, 0.2) is 11.5 Å². The third-order valence-corrected chi connectivity index (χ3v) is 4.91. The highest BCUT2D eigenvalue weighted by Crippen LogP contribution is 2.53. The molecule has 2 unspecified atom stereocenters. The fourth-order valence-corrected chi connectivity index (χ4v) is 3.36. The number of imidazole rings is 1. The van der Waals surface area contributed by atoms with Crippen molar-refractivity contribution in [2.24, 2.45) is 0 Å². The van der Waals surface area contributed by atoms with E-state index in [0.29, 0.717) is 11.8 Å². The van der Waals surface area contributed by atoms with Gasteiger partial charge in [-0.1, -0.05) is 0 Å². The van der Waals surface area contributed by atoms with Crippen molar-refractivity contribution >= 4 is 11.3 Å². The highest BCUT2D eigenvalue weighted by atomic mass is 16.5. The van der Waals surface area contributed by atoms with Gasteiger partial charge in [-0.05, 0) is 26.3 Å². The molecule has 0 radical (unpaired) electrons. The van der Waals surface area contributed by atoms with Crippen LogP contribution in [0, 0.1) is 13.8 Å². The topological polar surface area (TPSA) is 69.6 Å². The fourth-order valence-electron chi connectivity index (χ4n) is 3.36. The maximum atomic E-state index is 5.27. The average Bonchev–Trinajstić information content (AvgIpc) is 3.10. The van der Waals surface area contributed by atoms with Crippen LogP contribution in [-0.4, -0.2) is 36.1 Å². The zero-order valence-corrected chi connectivity index (χ0v) is 14.3. The van der Waals surface area contributed by atoms with Gasteiger partial charge in [-0.2, -0.15) is 5.10 Å². The Bertz CT molecular complexity index is 1070. The Morgan fingerprint density at radius 1 is 1.20 bits per heavy atom. The van der Waals surface area contributed by atoms with Crippen molar-refractivity contribution in [2.45, 2.75) is 32.1 Å². The predicted molar refractivity (Wildman–Crippen MR) is 92.1 cm³/mol. The number of methoxy groups -OCH3 is 1. The normalized spacial score (nSPS) is 19.6. The van der Waals surface area contributed by atoms with Gasteiger partial charge in [0.25, 0.3) is 0 Å². The molecular formula is C18H18N6O. The minimum Gasteiger partial charge on any atom is -0.497 e. The molecule has 1 aliphatic rings. The summed E-state index contributed by atoms with van der Waals surface area (Å²) in [6, 6.07) is 3.88. The molecule has 0 aliphatic heterocycles. The summed E-state index contributed by atoms with van der Waals surface area (Å²) >= 11 is 0. The second kappa shape index (κ2) is 5.02. The van der Waals surface area contributed by atoms with Crippen molar-refractivity contribution in [1.82, 2.24) is 29.0 Å². The third-order valence-electron chi connectivity index (χ3n) is 4.91. The van der Waals surface area contributed by atoms with E-state index in [2.05, 4.69) is 11.2 Å². The second-order valence-corrected chi connectivity index (χ2v) is 6.64. The number of aromatic nitrogens is 6. The quantitative estimate of drug-likeness (QED) is 0.576. The minimum absolute atomic E-state index is 0.325. The van der Waals surface area contributed by atoms with Crippen LogP contribution in [-0.2, 0) is 0 Å². The Kier molecular flexibility index (Phi) is 2.89. The van der Waals surface area contributed by atoms with E-state index in [1.807, 2.05) is 47.3 Å². The van der Waals surface area contributed by atoms with E-state index >= 15 is 0 Å². The van der Waals surface area contributed by atoms with Crippen LogP contribution in [0.1, 0.15) is 41.2 Å². The molecule has 7 nitrogen and oxygen atoms in total. The summed E-state index contributed by atoms with van der Waals surface area (Å²) in [5.41, 5.74) is 4.74. The lowest BCUT2D eigenvalue weighted by molar-refractivity contribution is 0.414. The first-order valence-corrected chi connectivity index (χ1v) is 8.35. The molecule has 0 spiro atoms. The van der Waals surface area contributed by atoms with Crippen molar-refractivity contribution in [1.29, 1.82) is 0 Å². The minimum atomic E-state index is 0.325. The number of hydrogen-bond acceptors (Lipinski definition) is 5. The predicted octanol–water partition coefficient (Wildman–Crippen LogP) is 2.67. The molecule has 0 saturated heterocycles. The van der Waals surface area contributed by atoms with E-state index in [1.165, 1.54) is 0 Å². The van der Waals surface area contributed by atoms with Gasteiger partial charge in [-0.3, -0.25) is 4.98 Å². The summed E-state index contributed by atoms with van der Waals surface area (Å²) in [4.78, 5) is 13.9. The number of aryl methyl sites for hydroxylation is 2. The molecule has 1 saturated carbocycles. The molecule has 126 valence electrons. The van der Waals surface area contributed by atoms with Crippen LogP contribution in [0.5, 0.6) is 5.75 Å². The number of ether oxygens (including phenoxy) is 1. The number of fused-ring (bicyclic) bond motifs is 2. The monoisotopic (exact) mass is 334 g/mol. The lowest BCUT2D eigenvalue weighted by Gasteiger charge is -1.98. The number of pyridine rings is 1. The summed E-state index contributed by atoms with van der Waals surface area (Å²) in [6.07, 6.45) is 6.93. The molecule has 4 heterocycles. The van der Waals surface area contributed by atoms with Crippen LogP contribution in [0.15, 0.2) is 30.7 Å². The van der Waals surface area contributed by atoms with Gasteiger partial charge < -0.3 is 9.14 Å². The van der Waals surface area contributed by atoms with Crippen molar-refractivity contribution < 1.29 is 4.74 Å². The van der Waals surface area contributed by atoms with Gasteiger partial charge in [0.2, 0.25) is 0 Å². The Balaban J connectivity index is 1.49. The Labute approximate surface area is 144 Å². The van der Waals surface area contributed by atoms with Crippen molar-refractivity contribution in [3.05, 3.63) is 53.6 Å². The van der Waals surface area contributed by atoms with E-state index in [1.54, 1.807) is 7.11 Å². The molecule has 1 aliphatic carbocycles. The molecule has 0 bridgehead atoms. The van der Waals surface area contributed by atoms with E-state index in [9.17, 15) is 0 Å². The van der Waals surface area contributed by atoms with E-state index in [-0.39, 0.29) is 0 Å². The van der Waals surface area contributed by atoms with Gasteiger partial charge >= 0.3 is 0 Å². The standard InChI is InChI=1S/C18H18N6O/c1-10-8-19-11(2)18-21-17(22-24(10)18)14-7-13(14)15-9-23-5-4-12(25-3)6-16(23)20-15/h4-6,8-9,13-14H,7H2,1-3H3. The Morgan fingerprint density at radius 2 is 2.08 bits per heavy atom. The highest BCUT2D eigenvalue weighted by molar-refractivity contribution is 5.48. The molecule has 0 amide bonds. The number of nitrogens with zero attached hydrogens (tertiary/aromatic N) is 6. The zero-order chi connectivity index (χ0) is 17.1. The fraction of sp³-hybridized carbons (Fsp3) is 0.333. The van der Waals surface area contributed by atoms with Gasteiger partial charge in [0, 0.05) is 36.5 Å². The maximum Gasteiger partial charge on any atom is 0.177 e. The molecule has 1 fully saturated rings. The Morgan fingerprint density at radius 3 is 2.88 bits per heavy atom. The maximum absolute atomic E-state index is 5.27. The first-order valence-electron chi connectivity index (χ1n) is 8.35. The highest BCUT2D eigenvalue weighted by Gasteiger charge is 2.44. The summed E-state index contributed by atoms with van der Waals surface area (Å²) in [6.45, 7) is 3.96. The molecule has 25 heavy (non-hydrogen) atoms. The molecule has 7 heteroatoms. The second-order valence-electron chi connectivity index (χ2n) is 6.64. The van der Waals surface area contributed by atoms with Crippen LogP contribution in [0.4, 0.5) is 0 Å². The molecule has 0 aromatic carbocycles. The van der Waals surface area contributed by atoms with Crippen LogP contribution >= 0.6 is 0 Å². The van der Waals surface area contributed by atoms with Crippen molar-refractivity contribution in [3.8, 4) is 5.75 Å². The van der Waals surface area contributed by atoms with Crippen LogP contribution < -0.4 is 4.74 Å². The Hall–Kier alpha value is -2.96. The first-order chi connectivity index (χ1) is 12.1. The van der Waals surface area contributed by atoms with Crippen molar-refractivity contribution in [3.63, 3.8) is 0 Å². The number of hydrogen-bond donors (Lipinski definition) is 0. The molecular weight excluding hydrogens is 316 g/mol. The average molecular weight is 334 g/mol. The van der Waals surface area contributed by atoms with Gasteiger partial charge in [0.05, 0.1) is 24.2 Å². The number of rotatable bonds is 3. The largest absolute Gasteiger partial charge is 0.497 e. The SMILES string of the molecule is COc1ccn2cc(C3CC3c3nc4c(C)ncc(C)n4n3)nc2c1. The zero-order valence-electron chi connectivity index (χ0n) is 14.3. The molecule has 0 N–H and O–H groups in total. The smallest absolute Gasteiger partial charge is 0.177 e. The van der Waals surface area contributed by atoms with Gasteiger partial charge in [-0.25, -0.2) is 14.5 Å². The first kappa shape index (κ1) is 14.4. The van der Waals surface area contributed by atoms with Crippen LogP contribution in [0.25, 0.3) is 11.3 Å². The molecule has 4 aromatic rings. The molecule has 2 atom stereocenters. The van der Waals surface area contributed by atoms with Crippen LogP contribution in [0.3, 0.4) is 0 Å². The van der Waals surface area contributed by atoms with E-state index < -0.39 is 0 Å². The lowest BCUT2D eigenvalue weighted by atomic mass is 10.2. The van der Waals surface area contributed by atoms with Gasteiger partial charge in [-0.15, -0.1) is 0 Å². The third kappa shape index (κ3) is 2.19. The van der Waals surface area contributed by atoms with E-state index in [0.717, 1.165) is 46.4 Å². The van der Waals surface area contributed by atoms with Crippen molar-refractivity contribution in [2.75, 3.05) is 7.11 Å². The van der Waals surface area contributed by atoms with Crippen LogP contribution in [0.2, 0.25) is 0 Å². The summed E-state index contributed by atoms with van der Waals surface area (Å²) in [7, 11) is 1.67. The molecule has 5 rings (SSSR count). The van der Waals surface area contributed by atoms with Gasteiger partial charge in [0.1, 0.15) is 11.4 Å². The van der Waals surface area contributed by atoms with E-state index in [4.69, 9.17) is 19.8 Å². The lowest BCUT2D eigenvalue weighted by Crippen LogP contribution is -1.97. The summed E-state index contributed by atoms with van der Waals surface area (Å²) in [5, 5.41) is 4.70. The molecule has 4 aromatic heterocycles.